The third-order valence-corrected chi connectivity index (χ3v) is 6.71. The van der Waals surface area contributed by atoms with Gasteiger partial charge in [-0.3, -0.25) is 4.79 Å². The zero-order valence-corrected chi connectivity index (χ0v) is 19.1. The van der Waals surface area contributed by atoms with E-state index in [0.717, 1.165) is 31.7 Å². The van der Waals surface area contributed by atoms with Crippen LogP contribution in [0.25, 0.3) is 0 Å². The van der Waals surface area contributed by atoms with Crippen molar-refractivity contribution in [3.05, 3.63) is 63.6 Å². The smallest absolute Gasteiger partial charge is 0.392 e. The SMILES string of the molecule is C[C@H]([C@H](CNc1cc(C(CC(=O)O)CC2CC2)ccc1Cl)c1ccc(Cl)cc1)C(F)(F)F. The summed E-state index contributed by atoms with van der Waals surface area (Å²) in [4.78, 5) is 11.3. The van der Waals surface area contributed by atoms with E-state index >= 15 is 0 Å². The van der Waals surface area contributed by atoms with Crippen LogP contribution in [0.1, 0.15) is 55.6 Å². The van der Waals surface area contributed by atoms with Crippen molar-refractivity contribution in [1.29, 1.82) is 0 Å². The van der Waals surface area contributed by atoms with Crippen LogP contribution in [0, 0.1) is 11.8 Å². The van der Waals surface area contributed by atoms with Crippen LogP contribution in [0.5, 0.6) is 0 Å². The van der Waals surface area contributed by atoms with Gasteiger partial charge in [0.1, 0.15) is 0 Å². The molecule has 0 saturated heterocycles. The number of carbonyl (C=O) groups is 1. The van der Waals surface area contributed by atoms with Crippen LogP contribution in [-0.2, 0) is 4.79 Å². The van der Waals surface area contributed by atoms with E-state index in [2.05, 4.69) is 5.32 Å². The summed E-state index contributed by atoms with van der Waals surface area (Å²) in [6.07, 6.45) is -1.36. The van der Waals surface area contributed by atoms with Crippen LogP contribution in [-0.4, -0.2) is 23.8 Å². The second-order valence-electron chi connectivity index (χ2n) is 8.58. The number of rotatable bonds is 10. The fourth-order valence-corrected chi connectivity index (χ4v) is 4.29. The average molecular weight is 488 g/mol. The average Bonchev–Trinajstić information content (AvgIpc) is 3.53. The summed E-state index contributed by atoms with van der Waals surface area (Å²) in [5.74, 6) is -2.93. The Morgan fingerprint density at radius 1 is 1.12 bits per heavy atom. The molecule has 1 saturated carbocycles. The van der Waals surface area contributed by atoms with Crippen LogP contribution in [0.4, 0.5) is 18.9 Å². The number of halogens is 5. The van der Waals surface area contributed by atoms with Gasteiger partial charge in [-0.25, -0.2) is 0 Å². The fraction of sp³-hybridized carbons (Fsp3) is 0.458. The third-order valence-electron chi connectivity index (χ3n) is 6.13. The van der Waals surface area contributed by atoms with E-state index in [1.165, 1.54) is 0 Å². The Hall–Kier alpha value is -1.92. The molecular weight excluding hydrogens is 462 g/mol. The Kier molecular flexibility index (Phi) is 7.99. The maximum absolute atomic E-state index is 13.6. The van der Waals surface area contributed by atoms with Gasteiger partial charge in [-0.05, 0) is 53.6 Å². The van der Waals surface area contributed by atoms with E-state index in [9.17, 15) is 23.1 Å². The van der Waals surface area contributed by atoms with Gasteiger partial charge >= 0.3 is 12.1 Å². The van der Waals surface area contributed by atoms with Crippen LogP contribution >= 0.6 is 23.2 Å². The molecule has 2 N–H and O–H groups in total. The molecule has 3 rings (SSSR count). The lowest BCUT2D eigenvalue weighted by molar-refractivity contribution is -0.174. The molecule has 0 radical (unpaired) electrons. The number of carboxylic acids is 1. The molecule has 1 fully saturated rings. The van der Waals surface area contributed by atoms with Crippen molar-refractivity contribution in [3.63, 3.8) is 0 Å². The normalized spacial score (nSPS) is 16.9. The van der Waals surface area contributed by atoms with E-state index in [1.807, 2.05) is 0 Å². The minimum absolute atomic E-state index is 0.01000. The van der Waals surface area contributed by atoms with E-state index < -0.39 is 24.0 Å². The first-order chi connectivity index (χ1) is 15.0. The molecule has 0 aliphatic heterocycles. The molecule has 2 aromatic carbocycles. The van der Waals surface area contributed by atoms with Crippen molar-refractivity contribution in [2.24, 2.45) is 11.8 Å². The Morgan fingerprint density at radius 2 is 1.75 bits per heavy atom. The van der Waals surface area contributed by atoms with Gasteiger partial charge in [0.15, 0.2) is 0 Å². The van der Waals surface area contributed by atoms with E-state index in [0.29, 0.717) is 27.2 Å². The quantitative estimate of drug-likeness (QED) is 0.360. The molecule has 32 heavy (non-hydrogen) atoms. The third kappa shape index (κ3) is 6.79. The Morgan fingerprint density at radius 3 is 2.31 bits per heavy atom. The minimum Gasteiger partial charge on any atom is -0.481 e. The monoisotopic (exact) mass is 487 g/mol. The number of alkyl halides is 3. The lowest BCUT2D eigenvalue weighted by Gasteiger charge is -2.27. The summed E-state index contributed by atoms with van der Waals surface area (Å²) in [5, 5.41) is 13.2. The highest BCUT2D eigenvalue weighted by Gasteiger charge is 2.41. The molecule has 8 heteroatoms. The molecule has 3 atom stereocenters. The van der Waals surface area contributed by atoms with Crippen LogP contribution in [0.3, 0.4) is 0 Å². The number of hydrogen-bond acceptors (Lipinski definition) is 2. The predicted octanol–water partition coefficient (Wildman–Crippen LogP) is 7.75. The van der Waals surface area contributed by atoms with Gasteiger partial charge in [-0.2, -0.15) is 13.2 Å². The second kappa shape index (κ2) is 10.3. The standard InChI is InChI=1S/C24H26Cl2F3NO2/c1-14(24(27,28)29)20(16-4-7-19(25)8-5-16)13-30-22-11-17(6-9-21(22)26)18(12-23(31)32)10-15-2-3-15/h4-9,11,14-15,18,20,30H,2-3,10,12-13H2,1H3,(H,31,32)/t14-,18?,20+/m1/s1. The molecule has 3 nitrogen and oxygen atoms in total. The van der Waals surface area contributed by atoms with Gasteiger partial charge in [0, 0.05) is 17.5 Å². The second-order valence-corrected chi connectivity index (χ2v) is 9.43. The highest BCUT2D eigenvalue weighted by molar-refractivity contribution is 6.33. The van der Waals surface area contributed by atoms with Crippen molar-refractivity contribution in [3.8, 4) is 0 Å². The number of benzene rings is 2. The van der Waals surface area contributed by atoms with Crippen LogP contribution in [0.2, 0.25) is 10.0 Å². The maximum Gasteiger partial charge on any atom is 0.392 e. The highest BCUT2D eigenvalue weighted by atomic mass is 35.5. The lowest BCUT2D eigenvalue weighted by Crippen LogP contribution is -2.30. The molecule has 0 heterocycles. The summed E-state index contributed by atoms with van der Waals surface area (Å²) in [7, 11) is 0. The summed E-state index contributed by atoms with van der Waals surface area (Å²) in [6.45, 7) is 1.18. The van der Waals surface area contributed by atoms with Crippen molar-refractivity contribution >= 4 is 34.9 Å². The summed E-state index contributed by atoms with van der Waals surface area (Å²) < 4.78 is 40.7. The zero-order chi connectivity index (χ0) is 23.5. The Bertz CT molecular complexity index is 930. The summed E-state index contributed by atoms with van der Waals surface area (Å²) in [6, 6.07) is 11.6. The topological polar surface area (TPSA) is 49.3 Å². The Balaban J connectivity index is 1.82. The van der Waals surface area contributed by atoms with Crippen molar-refractivity contribution in [2.75, 3.05) is 11.9 Å². The fourth-order valence-electron chi connectivity index (χ4n) is 3.98. The lowest BCUT2D eigenvalue weighted by atomic mass is 9.86. The zero-order valence-electron chi connectivity index (χ0n) is 17.6. The van der Waals surface area contributed by atoms with Crippen molar-refractivity contribution < 1.29 is 23.1 Å². The van der Waals surface area contributed by atoms with E-state index in [4.69, 9.17) is 23.2 Å². The maximum atomic E-state index is 13.6. The predicted molar refractivity (Wildman–Crippen MR) is 122 cm³/mol. The molecule has 1 unspecified atom stereocenters. The van der Waals surface area contributed by atoms with E-state index in [-0.39, 0.29) is 18.9 Å². The molecule has 0 amide bonds. The number of nitrogens with one attached hydrogen (secondary N) is 1. The van der Waals surface area contributed by atoms with Gasteiger partial charge < -0.3 is 10.4 Å². The molecule has 1 aliphatic carbocycles. The first-order valence-electron chi connectivity index (χ1n) is 10.6. The van der Waals surface area contributed by atoms with Crippen molar-refractivity contribution in [1.82, 2.24) is 0 Å². The number of aliphatic carboxylic acids is 1. The largest absolute Gasteiger partial charge is 0.481 e. The summed E-state index contributed by atoms with van der Waals surface area (Å²) in [5.41, 5.74) is 1.86. The molecular formula is C24H26Cl2F3NO2. The molecule has 0 bridgehead atoms. The molecule has 0 aromatic heterocycles. The first-order valence-corrected chi connectivity index (χ1v) is 11.4. The van der Waals surface area contributed by atoms with Gasteiger partial charge in [0.2, 0.25) is 0 Å². The Labute approximate surface area is 195 Å². The van der Waals surface area contributed by atoms with Crippen LogP contribution < -0.4 is 5.32 Å². The minimum atomic E-state index is -4.37. The summed E-state index contributed by atoms with van der Waals surface area (Å²) >= 11 is 12.2. The molecule has 0 spiro atoms. The molecule has 1 aliphatic rings. The van der Waals surface area contributed by atoms with E-state index in [1.54, 1.807) is 42.5 Å². The number of anilines is 1. The number of hydrogen-bond donors (Lipinski definition) is 2. The van der Waals surface area contributed by atoms with Crippen molar-refractivity contribution in [2.45, 2.75) is 50.6 Å². The van der Waals surface area contributed by atoms with Gasteiger partial charge in [-0.15, -0.1) is 0 Å². The first kappa shape index (κ1) is 24.7. The molecule has 2 aromatic rings. The van der Waals surface area contributed by atoms with Gasteiger partial charge in [0.05, 0.1) is 23.0 Å². The van der Waals surface area contributed by atoms with Crippen LogP contribution in [0.15, 0.2) is 42.5 Å². The molecule has 174 valence electrons. The van der Waals surface area contributed by atoms with Gasteiger partial charge in [-0.1, -0.05) is 61.2 Å². The number of carboxylic acid groups (broad SMARTS) is 1. The van der Waals surface area contributed by atoms with Gasteiger partial charge in [0.25, 0.3) is 0 Å². The highest BCUT2D eigenvalue weighted by Crippen LogP contribution is 2.42.